The predicted molar refractivity (Wildman–Crippen MR) is 82.8 cm³/mol. The molecule has 5 nitrogen and oxygen atoms in total. The van der Waals surface area contributed by atoms with Crippen LogP contribution in [0.5, 0.6) is 0 Å². The monoisotopic (exact) mass is 289 g/mol. The highest BCUT2D eigenvalue weighted by Crippen LogP contribution is 2.06. The topological polar surface area (TPSA) is 62.7 Å². The van der Waals surface area contributed by atoms with E-state index in [0.717, 1.165) is 13.0 Å². The zero-order valence-electron chi connectivity index (χ0n) is 12.7. The third kappa shape index (κ3) is 11.9. The maximum Gasteiger partial charge on any atom is 0.325 e. The molecule has 0 radical (unpaired) electrons. The van der Waals surface area contributed by atoms with E-state index in [9.17, 15) is 4.79 Å². The van der Waals surface area contributed by atoms with Gasteiger partial charge in [-0.1, -0.05) is 0 Å². The van der Waals surface area contributed by atoms with E-state index in [2.05, 4.69) is 21.9 Å². The highest BCUT2D eigenvalue weighted by atomic mass is 32.2. The smallest absolute Gasteiger partial charge is 0.325 e. The second-order valence-corrected chi connectivity index (χ2v) is 6.12. The Hall–Kier alpha value is -0.910. The highest BCUT2D eigenvalue weighted by molar-refractivity contribution is 7.98. The maximum absolute atomic E-state index is 11.5. The number of carbonyl (C=O) groups excluding carboxylic acids is 1. The van der Waals surface area contributed by atoms with Crippen molar-refractivity contribution >= 4 is 23.7 Å². The standard InChI is InChI=1S/C13H27N3O2S/c1-13(2,3)18-11(17)10-16-12(14-4)15-8-6-7-9-19-5/h6-10H2,1-5H3,(H2,14,15,16). The molecule has 0 fully saturated rings. The molecule has 0 atom stereocenters. The van der Waals surface area contributed by atoms with Crippen LogP contribution in [0.4, 0.5) is 0 Å². The second-order valence-electron chi connectivity index (χ2n) is 5.14. The van der Waals surface area contributed by atoms with Crippen LogP contribution in [-0.4, -0.2) is 49.7 Å². The number of esters is 1. The molecule has 0 bridgehead atoms. The number of carbonyl (C=O) groups is 1. The Labute approximate surface area is 121 Å². The number of ether oxygens (including phenoxy) is 1. The number of rotatable bonds is 7. The number of hydrogen-bond acceptors (Lipinski definition) is 4. The van der Waals surface area contributed by atoms with E-state index < -0.39 is 5.60 Å². The summed E-state index contributed by atoms with van der Waals surface area (Å²) in [5, 5.41) is 6.11. The van der Waals surface area contributed by atoms with Gasteiger partial charge in [0.15, 0.2) is 5.96 Å². The molecule has 6 heteroatoms. The zero-order chi connectivity index (χ0) is 14.7. The molecule has 112 valence electrons. The van der Waals surface area contributed by atoms with Crippen molar-refractivity contribution in [2.24, 2.45) is 4.99 Å². The minimum absolute atomic E-state index is 0.127. The van der Waals surface area contributed by atoms with Crippen LogP contribution < -0.4 is 10.6 Å². The van der Waals surface area contributed by atoms with E-state index >= 15 is 0 Å². The summed E-state index contributed by atoms with van der Waals surface area (Å²) in [5.74, 6) is 1.53. The summed E-state index contributed by atoms with van der Waals surface area (Å²) < 4.78 is 5.20. The van der Waals surface area contributed by atoms with E-state index in [1.54, 1.807) is 7.05 Å². The van der Waals surface area contributed by atoms with Gasteiger partial charge >= 0.3 is 5.97 Å². The fraction of sp³-hybridized carbons (Fsp3) is 0.846. The third-order valence-corrected chi connectivity index (χ3v) is 2.81. The van der Waals surface area contributed by atoms with Crippen molar-refractivity contribution in [1.29, 1.82) is 0 Å². The second kappa shape index (κ2) is 9.95. The molecule has 0 spiro atoms. The first kappa shape index (κ1) is 18.1. The van der Waals surface area contributed by atoms with Gasteiger partial charge in [-0.3, -0.25) is 9.79 Å². The average molecular weight is 289 g/mol. The van der Waals surface area contributed by atoms with Crippen molar-refractivity contribution < 1.29 is 9.53 Å². The maximum atomic E-state index is 11.5. The predicted octanol–water partition coefficient (Wildman–Crippen LogP) is 1.64. The highest BCUT2D eigenvalue weighted by Gasteiger charge is 2.16. The average Bonchev–Trinajstić information content (AvgIpc) is 2.30. The molecule has 2 N–H and O–H groups in total. The molecule has 0 heterocycles. The molecule has 0 aliphatic heterocycles. The summed E-state index contributed by atoms with van der Waals surface area (Å²) in [5.41, 5.74) is -0.451. The van der Waals surface area contributed by atoms with Crippen LogP contribution in [0.2, 0.25) is 0 Å². The van der Waals surface area contributed by atoms with Crippen LogP contribution in [0.15, 0.2) is 4.99 Å². The Morgan fingerprint density at radius 1 is 1.26 bits per heavy atom. The molecule has 0 aliphatic rings. The number of hydrogen-bond donors (Lipinski definition) is 2. The SMILES string of the molecule is CN=C(NCCCCSC)NCC(=O)OC(C)(C)C. The minimum Gasteiger partial charge on any atom is -0.459 e. The van der Waals surface area contributed by atoms with Crippen LogP contribution in [0.25, 0.3) is 0 Å². The third-order valence-electron chi connectivity index (χ3n) is 2.11. The van der Waals surface area contributed by atoms with Crippen molar-refractivity contribution in [3.8, 4) is 0 Å². The largest absolute Gasteiger partial charge is 0.459 e. The molecular formula is C13H27N3O2S. The Kier molecular flexibility index (Phi) is 9.47. The van der Waals surface area contributed by atoms with Gasteiger partial charge in [0, 0.05) is 13.6 Å². The van der Waals surface area contributed by atoms with Crippen LogP contribution in [0, 0.1) is 0 Å². The first-order valence-corrected chi connectivity index (χ1v) is 7.93. The molecule has 0 rings (SSSR count). The van der Waals surface area contributed by atoms with Crippen LogP contribution in [0.1, 0.15) is 33.6 Å². The fourth-order valence-corrected chi connectivity index (χ4v) is 1.83. The molecule has 0 aromatic carbocycles. The Bertz CT molecular complexity index is 288. The number of nitrogens with one attached hydrogen (secondary N) is 2. The molecular weight excluding hydrogens is 262 g/mol. The number of unbranched alkanes of at least 4 members (excludes halogenated alkanes) is 1. The lowest BCUT2D eigenvalue weighted by Gasteiger charge is -2.20. The summed E-state index contributed by atoms with van der Waals surface area (Å²) in [4.78, 5) is 15.6. The van der Waals surface area contributed by atoms with Crippen molar-refractivity contribution in [3.05, 3.63) is 0 Å². The van der Waals surface area contributed by atoms with Gasteiger partial charge in [-0.05, 0) is 45.6 Å². The van der Waals surface area contributed by atoms with Crippen molar-refractivity contribution in [1.82, 2.24) is 10.6 Å². The number of aliphatic imine (C=N–C) groups is 1. The zero-order valence-corrected chi connectivity index (χ0v) is 13.5. The molecule has 0 unspecified atom stereocenters. The molecule has 0 aromatic rings. The fourth-order valence-electron chi connectivity index (χ4n) is 1.33. The van der Waals surface area contributed by atoms with Gasteiger partial charge < -0.3 is 15.4 Å². The van der Waals surface area contributed by atoms with Gasteiger partial charge in [0.25, 0.3) is 0 Å². The van der Waals surface area contributed by atoms with Gasteiger partial charge in [0.1, 0.15) is 12.1 Å². The quantitative estimate of drug-likeness (QED) is 0.323. The molecule has 0 amide bonds. The Morgan fingerprint density at radius 2 is 1.95 bits per heavy atom. The summed E-state index contributed by atoms with van der Waals surface area (Å²) in [6.07, 6.45) is 4.37. The van der Waals surface area contributed by atoms with Crippen LogP contribution in [-0.2, 0) is 9.53 Å². The Morgan fingerprint density at radius 3 is 2.47 bits per heavy atom. The number of thioether (sulfide) groups is 1. The van der Waals surface area contributed by atoms with Gasteiger partial charge in [0.05, 0.1) is 0 Å². The van der Waals surface area contributed by atoms with Gasteiger partial charge in [-0.25, -0.2) is 0 Å². The van der Waals surface area contributed by atoms with Crippen molar-refractivity contribution in [2.75, 3.05) is 32.1 Å². The first-order valence-electron chi connectivity index (χ1n) is 6.54. The van der Waals surface area contributed by atoms with E-state index in [1.165, 1.54) is 12.2 Å². The summed E-state index contributed by atoms with van der Waals surface area (Å²) in [6.45, 7) is 6.54. The van der Waals surface area contributed by atoms with E-state index in [4.69, 9.17) is 4.74 Å². The molecule has 0 saturated heterocycles. The summed E-state index contributed by atoms with van der Waals surface area (Å²) >= 11 is 1.85. The van der Waals surface area contributed by atoms with E-state index in [1.807, 2.05) is 32.5 Å². The molecule has 0 aliphatic carbocycles. The lowest BCUT2D eigenvalue weighted by Crippen LogP contribution is -2.42. The lowest BCUT2D eigenvalue weighted by atomic mass is 10.2. The van der Waals surface area contributed by atoms with Gasteiger partial charge in [-0.2, -0.15) is 11.8 Å². The van der Waals surface area contributed by atoms with Crippen LogP contribution in [0.3, 0.4) is 0 Å². The molecule has 19 heavy (non-hydrogen) atoms. The molecule has 0 saturated carbocycles. The van der Waals surface area contributed by atoms with Crippen molar-refractivity contribution in [2.45, 2.75) is 39.2 Å². The van der Waals surface area contributed by atoms with Crippen LogP contribution >= 0.6 is 11.8 Å². The summed E-state index contributed by atoms with van der Waals surface area (Å²) in [7, 11) is 1.69. The Balaban J connectivity index is 3.79. The number of guanidine groups is 1. The molecule has 0 aromatic heterocycles. The number of nitrogens with zero attached hydrogens (tertiary/aromatic N) is 1. The lowest BCUT2D eigenvalue weighted by molar-refractivity contribution is -0.153. The van der Waals surface area contributed by atoms with Crippen molar-refractivity contribution in [3.63, 3.8) is 0 Å². The van der Waals surface area contributed by atoms with E-state index in [0.29, 0.717) is 5.96 Å². The summed E-state index contributed by atoms with van der Waals surface area (Å²) in [6, 6.07) is 0. The van der Waals surface area contributed by atoms with Gasteiger partial charge in [-0.15, -0.1) is 0 Å². The van der Waals surface area contributed by atoms with Gasteiger partial charge in [0.2, 0.25) is 0 Å². The minimum atomic E-state index is -0.451. The first-order chi connectivity index (χ1) is 8.89. The normalized spacial score (nSPS) is 12.2. The van der Waals surface area contributed by atoms with E-state index in [-0.39, 0.29) is 12.5 Å².